The number of hydrogen-bond donors (Lipinski definition) is 2. The molecule has 1 aromatic carbocycles. The van der Waals surface area contributed by atoms with Crippen LogP contribution in [0.5, 0.6) is 0 Å². The summed E-state index contributed by atoms with van der Waals surface area (Å²) in [5.74, 6) is 0.785. The van der Waals surface area contributed by atoms with Crippen molar-refractivity contribution >= 4 is 40.7 Å². The molecular weight excluding hydrogens is 471 g/mol. The molecule has 9 heteroatoms. The topological polar surface area (TPSA) is 63.7 Å². The third-order valence-corrected chi connectivity index (χ3v) is 7.27. The summed E-state index contributed by atoms with van der Waals surface area (Å²) in [7, 11) is 0. The van der Waals surface area contributed by atoms with Crippen LogP contribution in [-0.2, 0) is 6.54 Å². The summed E-state index contributed by atoms with van der Waals surface area (Å²) in [6, 6.07) is 10.7. The third kappa shape index (κ3) is 6.33. The number of piperazine rings is 1. The summed E-state index contributed by atoms with van der Waals surface area (Å²) in [6.07, 6.45) is 4.05. The monoisotopic (exact) mass is 504 g/mol. The van der Waals surface area contributed by atoms with E-state index in [0.717, 1.165) is 50.1 Å². The minimum Gasteiger partial charge on any atom is -0.353 e. The van der Waals surface area contributed by atoms with Gasteiger partial charge in [0.15, 0.2) is 0 Å². The molecule has 3 heterocycles. The molecular formula is C25H34Cl2N6O. The molecule has 7 nitrogen and oxygen atoms in total. The zero-order valence-electron chi connectivity index (χ0n) is 19.9. The lowest BCUT2D eigenvalue weighted by atomic mass is 9.99. The zero-order valence-corrected chi connectivity index (χ0v) is 21.4. The number of anilines is 2. The van der Waals surface area contributed by atoms with Gasteiger partial charge in [0.25, 0.3) is 0 Å². The van der Waals surface area contributed by atoms with Crippen LogP contribution in [0.2, 0.25) is 10.0 Å². The zero-order chi connectivity index (χ0) is 24.1. The Hall–Kier alpha value is -2.06. The van der Waals surface area contributed by atoms with Crippen molar-refractivity contribution in [3.05, 3.63) is 52.1 Å². The molecule has 0 unspecified atom stereocenters. The van der Waals surface area contributed by atoms with Crippen molar-refractivity contribution in [1.82, 2.24) is 20.1 Å². The Morgan fingerprint density at radius 2 is 1.85 bits per heavy atom. The predicted octanol–water partition coefficient (Wildman–Crippen LogP) is 4.70. The number of pyridine rings is 1. The Bertz CT molecular complexity index is 964. The van der Waals surface area contributed by atoms with Crippen LogP contribution in [-0.4, -0.2) is 72.2 Å². The van der Waals surface area contributed by atoms with Crippen molar-refractivity contribution in [3.63, 3.8) is 0 Å². The van der Waals surface area contributed by atoms with E-state index in [2.05, 4.69) is 49.4 Å². The second kappa shape index (κ2) is 11.6. The first-order valence-corrected chi connectivity index (χ1v) is 12.9. The average Bonchev–Trinajstić information content (AvgIpc) is 2.81. The van der Waals surface area contributed by atoms with Gasteiger partial charge in [-0.2, -0.15) is 0 Å². The number of amides is 2. The summed E-state index contributed by atoms with van der Waals surface area (Å²) in [5, 5.41) is 6.82. The van der Waals surface area contributed by atoms with Crippen LogP contribution < -0.4 is 15.5 Å². The Labute approximate surface area is 212 Å². The van der Waals surface area contributed by atoms with Gasteiger partial charge >= 0.3 is 6.03 Å². The first-order valence-electron chi connectivity index (χ1n) is 12.1. The average molecular weight is 505 g/mol. The first kappa shape index (κ1) is 25.0. The van der Waals surface area contributed by atoms with Gasteiger partial charge in [0.05, 0.1) is 16.9 Å². The number of carbonyl (C=O) groups excluding carboxylic acids is 1. The van der Waals surface area contributed by atoms with E-state index >= 15 is 0 Å². The number of nitrogens with zero attached hydrogens (tertiary/aromatic N) is 4. The van der Waals surface area contributed by atoms with Crippen LogP contribution >= 0.6 is 23.2 Å². The Kier molecular flexibility index (Phi) is 8.53. The van der Waals surface area contributed by atoms with Gasteiger partial charge in [-0.1, -0.05) is 35.3 Å². The molecule has 0 radical (unpaired) electrons. The third-order valence-electron chi connectivity index (χ3n) is 6.74. The highest BCUT2D eigenvalue weighted by Gasteiger charge is 2.32. The lowest BCUT2D eigenvalue weighted by molar-refractivity contribution is 0.0690. The van der Waals surface area contributed by atoms with E-state index in [-0.39, 0.29) is 6.03 Å². The van der Waals surface area contributed by atoms with Crippen molar-refractivity contribution in [2.45, 2.75) is 45.3 Å². The SMILES string of the molecule is CCNC(=O)Nc1cnc(N2CCN(C3CCN(Cc4ccc(Cl)cc4)CC3)[C@@H](C)C2)c(Cl)c1. The van der Waals surface area contributed by atoms with Crippen LogP contribution in [0.1, 0.15) is 32.3 Å². The van der Waals surface area contributed by atoms with E-state index in [9.17, 15) is 4.79 Å². The summed E-state index contributed by atoms with van der Waals surface area (Å²) in [6.45, 7) is 10.7. The number of aromatic nitrogens is 1. The number of rotatable bonds is 6. The number of nitrogens with one attached hydrogen (secondary N) is 2. The van der Waals surface area contributed by atoms with Gasteiger partial charge in [-0.3, -0.25) is 9.80 Å². The number of likely N-dealkylation sites (tertiary alicyclic amines) is 1. The summed E-state index contributed by atoms with van der Waals surface area (Å²) >= 11 is 12.6. The van der Waals surface area contributed by atoms with Gasteiger partial charge in [0.1, 0.15) is 5.82 Å². The molecule has 1 atom stereocenters. The fraction of sp³-hybridized carbons (Fsp3) is 0.520. The number of halogens is 2. The van der Waals surface area contributed by atoms with E-state index in [1.807, 2.05) is 19.1 Å². The van der Waals surface area contributed by atoms with E-state index < -0.39 is 0 Å². The van der Waals surface area contributed by atoms with E-state index in [0.29, 0.717) is 29.3 Å². The maximum Gasteiger partial charge on any atom is 0.319 e. The second-order valence-electron chi connectivity index (χ2n) is 9.18. The van der Waals surface area contributed by atoms with Gasteiger partial charge in [0, 0.05) is 49.8 Å². The molecule has 2 saturated heterocycles. The quantitative estimate of drug-likeness (QED) is 0.596. The largest absolute Gasteiger partial charge is 0.353 e. The van der Waals surface area contributed by atoms with Crippen LogP contribution in [0.4, 0.5) is 16.3 Å². The van der Waals surface area contributed by atoms with Crippen molar-refractivity contribution < 1.29 is 4.79 Å². The van der Waals surface area contributed by atoms with Gasteiger partial charge in [0.2, 0.25) is 0 Å². The second-order valence-corrected chi connectivity index (χ2v) is 10.0. The van der Waals surface area contributed by atoms with E-state index in [1.165, 1.54) is 18.4 Å². The fourth-order valence-electron chi connectivity index (χ4n) is 5.03. The Morgan fingerprint density at radius 1 is 1.12 bits per heavy atom. The molecule has 2 N–H and O–H groups in total. The highest BCUT2D eigenvalue weighted by molar-refractivity contribution is 6.33. The molecule has 0 bridgehead atoms. The Morgan fingerprint density at radius 3 is 2.50 bits per heavy atom. The number of piperidine rings is 1. The number of urea groups is 1. The van der Waals surface area contributed by atoms with Gasteiger partial charge in [-0.05, 0) is 63.5 Å². The van der Waals surface area contributed by atoms with Crippen LogP contribution in [0.15, 0.2) is 36.5 Å². The lowest BCUT2D eigenvalue weighted by Gasteiger charge is -2.47. The molecule has 184 valence electrons. The van der Waals surface area contributed by atoms with E-state index in [4.69, 9.17) is 23.2 Å². The maximum absolute atomic E-state index is 11.7. The molecule has 2 aliphatic heterocycles. The molecule has 2 aromatic rings. The van der Waals surface area contributed by atoms with Gasteiger partial charge < -0.3 is 15.5 Å². The number of benzene rings is 1. The molecule has 2 amide bonds. The molecule has 2 fully saturated rings. The standard InChI is InChI=1S/C25H34Cl2N6O/c1-3-28-25(34)30-21-14-23(27)24(29-15-21)32-12-13-33(18(2)16-32)22-8-10-31(11-9-22)17-19-4-6-20(26)7-5-19/h4-7,14-15,18,22H,3,8-13,16-17H2,1-2H3,(H2,28,30,34)/t18-/m0/s1. The van der Waals surface area contributed by atoms with Crippen LogP contribution in [0.25, 0.3) is 0 Å². The fourth-order valence-corrected chi connectivity index (χ4v) is 5.44. The minimum absolute atomic E-state index is 0.255. The molecule has 4 rings (SSSR count). The molecule has 0 saturated carbocycles. The van der Waals surface area contributed by atoms with Gasteiger partial charge in [-0.25, -0.2) is 9.78 Å². The molecule has 0 aliphatic carbocycles. The summed E-state index contributed by atoms with van der Waals surface area (Å²) in [4.78, 5) is 23.8. The Balaban J connectivity index is 1.28. The van der Waals surface area contributed by atoms with Gasteiger partial charge in [-0.15, -0.1) is 0 Å². The maximum atomic E-state index is 11.7. The normalized spacial score (nSPS) is 20.4. The number of hydrogen-bond acceptors (Lipinski definition) is 5. The summed E-state index contributed by atoms with van der Waals surface area (Å²) in [5.41, 5.74) is 1.91. The highest BCUT2D eigenvalue weighted by Crippen LogP contribution is 2.30. The number of carbonyl (C=O) groups is 1. The molecule has 2 aliphatic rings. The molecule has 34 heavy (non-hydrogen) atoms. The minimum atomic E-state index is -0.255. The molecule has 1 aromatic heterocycles. The highest BCUT2D eigenvalue weighted by atomic mass is 35.5. The summed E-state index contributed by atoms with van der Waals surface area (Å²) < 4.78 is 0. The van der Waals surface area contributed by atoms with Crippen LogP contribution in [0, 0.1) is 0 Å². The predicted molar refractivity (Wildman–Crippen MR) is 140 cm³/mol. The van der Waals surface area contributed by atoms with Crippen molar-refractivity contribution in [2.75, 3.05) is 49.5 Å². The van der Waals surface area contributed by atoms with E-state index in [1.54, 1.807) is 12.3 Å². The first-order chi connectivity index (χ1) is 16.4. The van der Waals surface area contributed by atoms with Crippen molar-refractivity contribution in [1.29, 1.82) is 0 Å². The smallest absolute Gasteiger partial charge is 0.319 e. The van der Waals surface area contributed by atoms with Crippen LogP contribution in [0.3, 0.4) is 0 Å². The molecule has 0 spiro atoms. The lowest BCUT2D eigenvalue weighted by Crippen LogP contribution is -2.57. The van der Waals surface area contributed by atoms with Crippen molar-refractivity contribution in [3.8, 4) is 0 Å². The van der Waals surface area contributed by atoms with Crippen molar-refractivity contribution in [2.24, 2.45) is 0 Å².